The topological polar surface area (TPSA) is 46.6 Å². The number of fused-ring (bicyclic) bond motifs is 1. The lowest BCUT2D eigenvalue weighted by Gasteiger charge is -2.23. The minimum atomic E-state index is -0.537. The molecule has 1 heterocycles. The monoisotopic (exact) mass is 243 g/mol. The van der Waals surface area contributed by atoms with Crippen molar-refractivity contribution in [1.29, 1.82) is 0 Å². The third-order valence-electron chi connectivity index (χ3n) is 3.34. The Hall–Kier alpha value is -2.10. The van der Waals surface area contributed by atoms with Crippen molar-refractivity contribution in [2.75, 3.05) is 0 Å². The van der Waals surface area contributed by atoms with Crippen LogP contribution in [0, 0.1) is 0 Å². The molecule has 0 saturated carbocycles. The molecule has 1 aliphatic heterocycles. The van der Waals surface area contributed by atoms with Crippen LogP contribution < -0.4 is 0 Å². The van der Waals surface area contributed by atoms with Gasteiger partial charge in [-0.3, -0.25) is 4.79 Å². The Balaban J connectivity index is 1.90. The third-order valence-corrected chi connectivity index (χ3v) is 3.34. The molecule has 0 unspecified atom stereocenters. The molecule has 2 aliphatic rings. The van der Waals surface area contributed by atoms with Gasteiger partial charge >= 0.3 is 6.09 Å². The van der Waals surface area contributed by atoms with Gasteiger partial charge in [-0.15, -0.1) is 0 Å². The molecule has 1 saturated heterocycles. The van der Waals surface area contributed by atoms with E-state index in [1.807, 2.05) is 18.2 Å². The van der Waals surface area contributed by atoms with Crippen LogP contribution in [0.25, 0.3) is 0 Å². The summed E-state index contributed by atoms with van der Waals surface area (Å²) in [4.78, 5) is 25.4. The first kappa shape index (κ1) is 11.0. The zero-order valence-electron chi connectivity index (χ0n) is 9.78. The van der Waals surface area contributed by atoms with Crippen LogP contribution in [0.1, 0.15) is 23.2 Å². The number of carbonyl (C=O) groups is 2. The van der Waals surface area contributed by atoms with E-state index in [0.29, 0.717) is 5.56 Å². The zero-order chi connectivity index (χ0) is 12.5. The second-order valence-electron chi connectivity index (χ2n) is 4.46. The number of benzene rings is 1. The SMILES string of the molecule is O=C1O[C@@H]2C=CCC[C@@H]2N1C(=O)c1ccccc1. The first-order valence-electron chi connectivity index (χ1n) is 6.03. The molecule has 0 aromatic heterocycles. The quantitative estimate of drug-likeness (QED) is 0.711. The van der Waals surface area contributed by atoms with Gasteiger partial charge in [0.2, 0.25) is 0 Å². The molecule has 4 nitrogen and oxygen atoms in total. The number of carbonyl (C=O) groups excluding carboxylic acids is 2. The van der Waals surface area contributed by atoms with Crippen LogP contribution in [0.4, 0.5) is 4.79 Å². The van der Waals surface area contributed by atoms with Gasteiger partial charge in [-0.25, -0.2) is 9.69 Å². The highest BCUT2D eigenvalue weighted by atomic mass is 16.6. The highest BCUT2D eigenvalue weighted by Gasteiger charge is 2.44. The second-order valence-corrected chi connectivity index (χ2v) is 4.46. The van der Waals surface area contributed by atoms with Gasteiger partial charge in [0.25, 0.3) is 5.91 Å². The Bertz CT molecular complexity index is 509. The largest absolute Gasteiger partial charge is 0.439 e. The van der Waals surface area contributed by atoms with E-state index in [1.165, 1.54) is 4.90 Å². The molecular formula is C14H13NO3. The average molecular weight is 243 g/mol. The fourth-order valence-electron chi connectivity index (χ4n) is 2.45. The van der Waals surface area contributed by atoms with Crippen molar-refractivity contribution in [3.63, 3.8) is 0 Å². The third kappa shape index (κ3) is 1.70. The van der Waals surface area contributed by atoms with Crippen LogP contribution >= 0.6 is 0 Å². The maximum atomic E-state index is 12.3. The zero-order valence-corrected chi connectivity index (χ0v) is 9.78. The van der Waals surface area contributed by atoms with E-state index in [-0.39, 0.29) is 18.1 Å². The van der Waals surface area contributed by atoms with Gasteiger partial charge in [-0.05, 0) is 31.1 Å². The van der Waals surface area contributed by atoms with Crippen LogP contribution in [-0.2, 0) is 4.74 Å². The summed E-state index contributed by atoms with van der Waals surface area (Å²) in [6.07, 6.45) is 4.68. The molecule has 2 amide bonds. The van der Waals surface area contributed by atoms with Gasteiger partial charge < -0.3 is 4.74 Å². The predicted molar refractivity (Wildman–Crippen MR) is 65.0 cm³/mol. The van der Waals surface area contributed by atoms with E-state index < -0.39 is 6.09 Å². The Morgan fingerprint density at radius 2 is 2.06 bits per heavy atom. The molecule has 1 aromatic carbocycles. The van der Waals surface area contributed by atoms with Crippen LogP contribution in [0.2, 0.25) is 0 Å². The Morgan fingerprint density at radius 1 is 1.28 bits per heavy atom. The molecule has 18 heavy (non-hydrogen) atoms. The summed E-state index contributed by atoms with van der Waals surface area (Å²) in [5, 5.41) is 0. The first-order chi connectivity index (χ1) is 8.77. The molecule has 0 bridgehead atoms. The van der Waals surface area contributed by atoms with Crippen molar-refractivity contribution in [2.45, 2.75) is 25.0 Å². The van der Waals surface area contributed by atoms with Crippen LogP contribution in [-0.4, -0.2) is 29.0 Å². The first-order valence-corrected chi connectivity index (χ1v) is 6.03. The number of hydrogen-bond donors (Lipinski definition) is 0. The van der Waals surface area contributed by atoms with Crippen molar-refractivity contribution in [2.24, 2.45) is 0 Å². The van der Waals surface area contributed by atoms with Gasteiger partial charge in [0.15, 0.2) is 0 Å². The molecule has 3 rings (SSSR count). The van der Waals surface area contributed by atoms with E-state index in [1.54, 1.807) is 24.3 Å². The normalized spacial score (nSPS) is 25.8. The van der Waals surface area contributed by atoms with Gasteiger partial charge in [0, 0.05) is 5.56 Å². The fraction of sp³-hybridized carbons (Fsp3) is 0.286. The van der Waals surface area contributed by atoms with Crippen molar-refractivity contribution in [3.8, 4) is 0 Å². The van der Waals surface area contributed by atoms with Gasteiger partial charge in [0.1, 0.15) is 6.10 Å². The number of rotatable bonds is 1. The summed E-state index contributed by atoms with van der Waals surface area (Å²) < 4.78 is 5.20. The van der Waals surface area contributed by atoms with Gasteiger partial charge in [0.05, 0.1) is 6.04 Å². The van der Waals surface area contributed by atoms with Crippen molar-refractivity contribution in [3.05, 3.63) is 48.0 Å². The molecule has 1 aromatic rings. The van der Waals surface area contributed by atoms with Crippen LogP contribution in [0.5, 0.6) is 0 Å². The predicted octanol–water partition coefficient (Wildman–Crippen LogP) is 2.37. The molecule has 0 N–H and O–H groups in total. The minimum Gasteiger partial charge on any atom is -0.439 e. The molecule has 2 atom stereocenters. The van der Waals surface area contributed by atoms with Crippen LogP contribution in [0.15, 0.2) is 42.5 Å². The lowest BCUT2D eigenvalue weighted by Crippen LogP contribution is -2.41. The maximum Gasteiger partial charge on any atom is 0.417 e. The molecular weight excluding hydrogens is 230 g/mol. The number of ether oxygens (including phenoxy) is 1. The number of amides is 2. The number of allylic oxidation sites excluding steroid dienone is 1. The second kappa shape index (κ2) is 4.29. The molecule has 1 aliphatic carbocycles. The van der Waals surface area contributed by atoms with Crippen molar-refractivity contribution in [1.82, 2.24) is 4.90 Å². The van der Waals surface area contributed by atoms with E-state index in [2.05, 4.69) is 0 Å². The van der Waals surface area contributed by atoms with E-state index >= 15 is 0 Å². The summed E-state index contributed by atoms with van der Waals surface area (Å²) in [6, 6.07) is 8.67. The van der Waals surface area contributed by atoms with Crippen molar-refractivity contribution >= 4 is 12.0 Å². The Kier molecular flexibility index (Phi) is 2.63. The lowest BCUT2D eigenvalue weighted by atomic mass is 9.98. The number of hydrogen-bond acceptors (Lipinski definition) is 3. The number of imide groups is 1. The van der Waals surface area contributed by atoms with Gasteiger partial charge in [-0.2, -0.15) is 0 Å². The minimum absolute atomic E-state index is 0.157. The molecule has 4 heteroatoms. The molecule has 0 spiro atoms. The average Bonchev–Trinajstić information content (AvgIpc) is 2.75. The summed E-state index contributed by atoms with van der Waals surface area (Å²) in [6.45, 7) is 0. The van der Waals surface area contributed by atoms with E-state index in [4.69, 9.17) is 4.74 Å². The summed E-state index contributed by atoms with van der Waals surface area (Å²) >= 11 is 0. The highest BCUT2D eigenvalue weighted by Crippen LogP contribution is 2.29. The van der Waals surface area contributed by atoms with E-state index in [9.17, 15) is 9.59 Å². The van der Waals surface area contributed by atoms with E-state index in [0.717, 1.165) is 12.8 Å². The summed E-state index contributed by atoms with van der Waals surface area (Å²) in [5.41, 5.74) is 0.518. The van der Waals surface area contributed by atoms with Crippen LogP contribution in [0.3, 0.4) is 0 Å². The maximum absolute atomic E-state index is 12.3. The van der Waals surface area contributed by atoms with Crippen molar-refractivity contribution < 1.29 is 14.3 Å². The smallest absolute Gasteiger partial charge is 0.417 e. The van der Waals surface area contributed by atoms with Gasteiger partial charge in [-0.1, -0.05) is 24.3 Å². The molecule has 1 fully saturated rings. The Labute approximate surface area is 105 Å². The molecule has 0 radical (unpaired) electrons. The standard InChI is InChI=1S/C14H13NO3/c16-13(10-6-2-1-3-7-10)15-11-8-4-5-9-12(11)18-14(15)17/h1-3,5-7,9,11-12H,4,8H2/t11-,12+/m0/s1. The highest BCUT2D eigenvalue weighted by molar-refractivity contribution is 6.04. The summed E-state index contributed by atoms with van der Waals surface area (Å²) in [7, 11) is 0. The molecule has 92 valence electrons. The summed E-state index contributed by atoms with van der Waals surface area (Å²) in [5.74, 6) is -0.275. The lowest BCUT2D eigenvalue weighted by molar-refractivity contribution is 0.0769. The number of nitrogens with zero attached hydrogens (tertiary/aromatic N) is 1. The fourth-order valence-corrected chi connectivity index (χ4v) is 2.45. The Morgan fingerprint density at radius 3 is 2.83 bits per heavy atom.